The van der Waals surface area contributed by atoms with E-state index in [1.54, 1.807) is 0 Å². The van der Waals surface area contributed by atoms with Gasteiger partial charge in [0.15, 0.2) is 5.96 Å². The second-order valence-electron chi connectivity index (χ2n) is 5.51. The van der Waals surface area contributed by atoms with E-state index in [4.69, 9.17) is 4.99 Å². The molecule has 1 aliphatic carbocycles. The number of hydrogen-bond donors (Lipinski definition) is 2. The average molecular weight is 283 g/mol. The Morgan fingerprint density at radius 3 is 2.50 bits per heavy atom. The molecule has 0 aromatic heterocycles. The molecule has 5 heteroatoms. The first kappa shape index (κ1) is 16.8. The summed E-state index contributed by atoms with van der Waals surface area (Å²) in [6.07, 6.45) is 6.78. The summed E-state index contributed by atoms with van der Waals surface area (Å²) in [6, 6.07) is 0. The molecule has 1 fully saturated rings. The van der Waals surface area contributed by atoms with E-state index in [0.29, 0.717) is 18.4 Å². The lowest BCUT2D eigenvalue weighted by atomic mass is 9.84. The first-order valence-corrected chi connectivity index (χ1v) is 7.75. The fraction of sp³-hybridized carbons (Fsp3) is 0.867. The first-order chi connectivity index (χ1) is 9.65. The third kappa shape index (κ3) is 5.39. The van der Waals surface area contributed by atoms with Gasteiger partial charge in [-0.05, 0) is 31.6 Å². The van der Waals surface area contributed by atoms with Gasteiger partial charge in [0.05, 0.1) is 13.5 Å². The summed E-state index contributed by atoms with van der Waals surface area (Å²) >= 11 is 0. The smallest absolute Gasteiger partial charge is 0.307 e. The minimum atomic E-state index is -0.200. The Labute approximate surface area is 122 Å². The van der Waals surface area contributed by atoms with E-state index in [0.717, 1.165) is 19.0 Å². The topological polar surface area (TPSA) is 62.7 Å². The molecule has 5 nitrogen and oxygen atoms in total. The van der Waals surface area contributed by atoms with Crippen molar-refractivity contribution in [3.05, 3.63) is 0 Å². The number of hydrogen-bond acceptors (Lipinski definition) is 3. The van der Waals surface area contributed by atoms with Gasteiger partial charge in [-0.3, -0.25) is 9.79 Å². The number of esters is 1. The molecule has 0 aliphatic heterocycles. The van der Waals surface area contributed by atoms with Crippen molar-refractivity contribution in [2.45, 2.75) is 52.4 Å². The van der Waals surface area contributed by atoms with Crippen LogP contribution in [0.4, 0.5) is 0 Å². The molecule has 0 amide bonds. The first-order valence-electron chi connectivity index (χ1n) is 7.75. The number of guanidine groups is 1. The Morgan fingerprint density at radius 2 is 1.95 bits per heavy atom. The molecule has 0 saturated heterocycles. The molecule has 1 rings (SSSR count). The van der Waals surface area contributed by atoms with Crippen molar-refractivity contribution in [2.24, 2.45) is 10.4 Å². The summed E-state index contributed by atoms with van der Waals surface area (Å²) in [7, 11) is 1.41. The summed E-state index contributed by atoms with van der Waals surface area (Å²) in [5.41, 5.74) is 0.394. The van der Waals surface area contributed by atoms with Gasteiger partial charge in [-0.1, -0.05) is 19.8 Å². The lowest BCUT2D eigenvalue weighted by Gasteiger charge is -2.25. The van der Waals surface area contributed by atoms with Crippen LogP contribution in [-0.2, 0) is 9.53 Å². The number of nitrogens with zero attached hydrogens (tertiary/aromatic N) is 1. The minimum absolute atomic E-state index is 0.200. The highest BCUT2D eigenvalue weighted by molar-refractivity contribution is 5.80. The van der Waals surface area contributed by atoms with Crippen LogP contribution in [0, 0.1) is 5.41 Å². The highest BCUT2D eigenvalue weighted by Crippen LogP contribution is 2.41. The Kier molecular flexibility index (Phi) is 7.41. The summed E-state index contributed by atoms with van der Waals surface area (Å²) in [6.45, 7) is 6.55. The van der Waals surface area contributed by atoms with Gasteiger partial charge in [-0.15, -0.1) is 0 Å². The van der Waals surface area contributed by atoms with E-state index < -0.39 is 0 Å². The van der Waals surface area contributed by atoms with Gasteiger partial charge in [0.1, 0.15) is 0 Å². The van der Waals surface area contributed by atoms with Crippen LogP contribution in [0.15, 0.2) is 4.99 Å². The van der Waals surface area contributed by atoms with E-state index in [9.17, 15) is 4.79 Å². The van der Waals surface area contributed by atoms with Crippen molar-refractivity contribution < 1.29 is 9.53 Å². The lowest BCUT2D eigenvalue weighted by molar-refractivity contribution is -0.140. The van der Waals surface area contributed by atoms with E-state index in [-0.39, 0.29) is 5.97 Å². The zero-order valence-corrected chi connectivity index (χ0v) is 13.1. The molecule has 2 N–H and O–H groups in total. The number of ether oxygens (including phenoxy) is 1. The Morgan fingerprint density at radius 1 is 1.25 bits per heavy atom. The summed E-state index contributed by atoms with van der Waals surface area (Å²) < 4.78 is 4.63. The van der Waals surface area contributed by atoms with Crippen LogP contribution in [0.3, 0.4) is 0 Å². The van der Waals surface area contributed by atoms with Crippen molar-refractivity contribution in [3.63, 3.8) is 0 Å². The Hall–Kier alpha value is -1.26. The van der Waals surface area contributed by atoms with E-state index in [1.165, 1.54) is 39.2 Å². The molecule has 0 bridgehead atoms. The molecule has 20 heavy (non-hydrogen) atoms. The van der Waals surface area contributed by atoms with Crippen LogP contribution in [0.2, 0.25) is 0 Å². The van der Waals surface area contributed by atoms with E-state index in [1.807, 2.05) is 6.92 Å². The minimum Gasteiger partial charge on any atom is -0.469 e. The molecule has 1 aliphatic rings. The van der Waals surface area contributed by atoms with Crippen molar-refractivity contribution in [2.75, 3.05) is 26.7 Å². The molecule has 0 unspecified atom stereocenters. The number of nitrogens with one attached hydrogen (secondary N) is 2. The molecule has 0 radical (unpaired) electrons. The SMILES string of the molecule is CCNC(=NCC1(CC)CCCC1)NCCC(=O)OC. The molecule has 0 spiro atoms. The predicted octanol–water partition coefficient (Wildman–Crippen LogP) is 2.08. The second-order valence-corrected chi connectivity index (χ2v) is 5.51. The maximum absolute atomic E-state index is 11.1. The predicted molar refractivity (Wildman–Crippen MR) is 81.8 cm³/mol. The Balaban J connectivity index is 2.47. The molecular weight excluding hydrogens is 254 g/mol. The molecule has 0 aromatic rings. The van der Waals surface area contributed by atoms with Crippen LogP contribution in [0.25, 0.3) is 0 Å². The van der Waals surface area contributed by atoms with Crippen LogP contribution in [0.1, 0.15) is 52.4 Å². The van der Waals surface area contributed by atoms with Crippen molar-refractivity contribution >= 4 is 11.9 Å². The zero-order chi connectivity index (χ0) is 14.8. The van der Waals surface area contributed by atoms with Gasteiger partial charge in [-0.2, -0.15) is 0 Å². The third-order valence-corrected chi connectivity index (χ3v) is 4.18. The quantitative estimate of drug-likeness (QED) is 0.426. The molecule has 116 valence electrons. The summed E-state index contributed by atoms with van der Waals surface area (Å²) in [5.74, 6) is 0.602. The van der Waals surface area contributed by atoms with Gasteiger partial charge in [0.2, 0.25) is 0 Å². The largest absolute Gasteiger partial charge is 0.469 e. The molecule has 1 saturated carbocycles. The number of carbonyl (C=O) groups is 1. The molecule has 0 aromatic carbocycles. The van der Waals surface area contributed by atoms with Gasteiger partial charge in [0, 0.05) is 19.6 Å². The highest BCUT2D eigenvalue weighted by Gasteiger charge is 2.31. The summed E-state index contributed by atoms with van der Waals surface area (Å²) in [4.78, 5) is 15.8. The van der Waals surface area contributed by atoms with Gasteiger partial charge < -0.3 is 15.4 Å². The van der Waals surface area contributed by atoms with Crippen LogP contribution >= 0.6 is 0 Å². The van der Waals surface area contributed by atoms with Crippen LogP contribution in [-0.4, -0.2) is 38.7 Å². The van der Waals surface area contributed by atoms with E-state index >= 15 is 0 Å². The monoisotopic (exact) mass is 283 g/mol. The number of aliphatic imine (C=N–C) groups is 1. The van der Waals surface area contributed by atoms with E-state index in [2.05, 4.69) is 22.3 Å². The van der Waals surface area contributed by atoms with Gasteiger partial charge in [0.25, 0.3) is 0 Å². The zero-order valence-electron chi connectivity index (χ0n) is 13.1. The average Bonchev–Trinajstić information content (AvgIpc) is 2.94. The molecular formula is C15H29N3O2. The van der Waals surface area contributed by atoms with Crippen molar-refractivity contribution in [1.29, 1.82) is 0 Å². The standard InChI is InChI=1S/C15H29N3O2/c1-4-15(9-6-7-10-15)12-18-14(16-5-2)17-11-8-13(19)20-3/h4-12H2,1-3H3,(H2,16,17,18). The van der Waals surface area contributed by atoms with Crippen molar-refractivity contribution in [3.8, 4) is 0 Å². The lowest BCUT2D eigenvalue weighted by Crippen LogP contribution is -2.39. The fourth-order valence-electron chi connectivity index (χ4n) is 2.72. The highest BCUT2D eigenvalue weighted by atomic mass is 16.5. The maximum Gasteiger partial charge on any atom is 0.307 e. The van der Waals surface area contributed by atoms with Gasteiger partial charge in [-0.25, -0.2) is 0 Å². The maximum atomic E-state index is 11.1. The van der Waals surface area contributed by atoms with Crippen LogP contribution in [0.5, 0.6) is 0 Å². The third-order valence-electron chi connectivity index (χ3n) is 4.18. The second kappa shape index (κ2) is 8.82. The number of methoxy groups -OCH3 is 1. The van der Waals surface area contributed by atoms with Crippen LogP contribution < -0.4 is 10.6 Å². The Bertz CT molecular complexity index is 323. The number of rotatable bonds is 7. The fourth-order valence-corrected chi connectivity index (χ4v) is 2.72. The number of carbonyl (C=O) groups excluding carboxylic acids is 1. The molecule has 0 atom stereocenters. The van der Waals surface area contributed by atoms with Crippen molar-refractivity contribution in [1.82, 2.24) is 10.6 Å². The molecule has 0 heterocycles. The van der Waals surface area contributed by atoms with Gasteiger partial charge >= 0.3 is 5.97 Å². The summed E-state index contributed by atoms with van der Waals surface area (Å²) in [5, 5.41) is 6.42. The normalized spacial score (nSPS) is 17.9.